The van der Waals surface area contributed by atoms with Crippen molar-refractivity contribution in [3.05, 3.63) is 100.0 Å². The predicted octanol–water partition coefficient (Wildman–Crippen LogP) is 4.44. The van der Waals surface area contributed by atoms with Gasteiger partial charge in [0.2, 0.25) is 0 Å². The molecule has 1 aliphatic rings. The van der Waals surface area contributed by atoms with Gasteiger partial charge >= 0.3 is 0 Å². The lowest BCUT2D eigenvalue weighted by molar-refractivity contribution is 0.0727. The van der Waals surface area contributed by atoms with Gasteiger partial charge in [0.05, 0.1) is 32.2 Å². The van der Waals surface area contributed by atoms with E-state index < -0.39 is 0 Å². The molecule has 7 nitrogen and oxygen atoms in total. The first-order valence-corrected chi connectivity index (χ1v) is 11.7. The molecular formula is C28H27N3O4. The molecule has 0 radical (unpaired) electrons. The van der Waals surface area contributed by atoms with Crippen LogP contribution in [0.5, 0.6) is 11.5 Å². The summed E-state index contributed by atoms with van der Waals surface area (Å²) in [6, 6.07) is 22.4. The normalized spacial score (nSPS) is 15.4. The Labute approximate surface area is 203 Å². The number of fused-ring (bicyclic) bond motifs is 1. The fourth-order valence-corrected chi connectivity index (χ4v) is 4.82. The molecule has 0 spiro atoms. The van der Waals surface area contributed by atoms with Crippen LogP contribution in [-0.2, 0) is 6.54 Å². The minimum Gasteiger partial charge on any atom is -0.497 e. The molecule has 1 aromatic heterocycles. The van der Waals surface area contributed by atoms with E-state index >= 15 is 0 Å². The molecule has 0 N–H and O–H groups in total. The Balaban J connectivity index is 1.57. The van der Waals surface area contributed by atoms with Gasteiger partial charge in [-0.2, -0.15) is 5.10 Å². The monoisotopic (exact) mass is 469 g/mol. The number of carbonyl (C=O) groups is 1. The molecule has 4 aromatic rings. The standard InChI is InChI=1S/C28H27N3O4/c1-34-20-14-15-23(25(17-20)35-2)24-13-8-16-30(24)28(33)26-21-11-6-7-12-22(21)27(32)31(29-26)18-19-9-4-3-5-10-19/h3-7,9-12,14-15,17,24H,8,13,16,18H2,1-2H3/t24-/m1/s1. The van der Waals surface area contributed by atoms with Crippen LogP contribution in [0, 0.1) is 0 Å². The van der Waals surface area contributed by atoms with E-state index in [1.807, 2.05) is 65.6 Å². The van der Waals surface area contributed by atoms with Gasteiger partial charge in [-0.15, -0.1) is 0 Å². The molecule has 1 saturated heterocycles. The van der Waals surface area contributed by atoms with Crippen LogP contribution in [0.1, 0.15) is 40.5 Å². The quantitative estimate of drug-likeness (QED) is 0.417. The summed E-state index contributed by atoms with van der Waals surface area (Å²) in [5, 5.41) is 5.65. The average Bonchev–Trinajstić information content (AvgIpc) is 3.40. The highest BCUT2D eigenvalue weighted by Gasteiger charge is 2.34. The zero-order valence-electron chi connectivity index (χ0n) is 19.8. The summed E-state index contributed by atoms with van der Waals surface area (Å²) in [5.74, 6) is 1.19. The number of hydrogen-bond acceptors (Lipinski definition) is 5. The van der Waals surface area contributed by atoms with Crippen molar-refractivity contribution >= 4 is 16.7 Å². The third-order valence-corrected chi connectivity index (χ3v) is 6.56. The molecular weight excluding hydrogens is 442 g/mol. The summed E-state index contributed by atoms with van der Waals surface area (Å²) in [4.78, 5) is 29.0. The summed E-state index contributed by atoms with van der Waals surface area (Å²) < 4.78 is 12.4. The number of aromatic nitrogens is 2. The number of methoxy groups -OCH3 is 2. The summed E-state index contributed by atoms with van der Waals surface area (Å²) in [6.45, 7) is 0.896. The number of nitrogens with zero attached hydrogens (tertiary/aromatic N) is 3. The number of benzene rings is 3. The second-order valence-corrected chi connectivity index (χ2v) is 8.61. The Morgan fingerprint density at radius 2 is 1.71 bits per heavy atom. The SMILES string of the molecule is COc1ccc([C@H]2CCCN2C(=O)c2nn(Cc3ccccc3)c(=O)c3ccccc23)c(OC)c1. The number of rotatable bonds is 6. The first-order chi connectivity index (χ1) is 17.1. The van der Waals surface area contributed by atoms with Gasteiger partial charge in [-0.05, 0) is 36.6 Å². The van der Waals surface area contributed by atoms with Crippen molar-refractivity contribution in [2.45, 2.75) is 25.4 Å². The van der Waals surface area contributed by atoms with Gasteiger partial charge in [-0.3, -0.25) is 9.59 Å². The molecule has 1 amide bonds. The molecule has 1 fully saturated rings. The van der Waals surface area contributed by atoms with E-state index in [-0.39, 0.29) is 23.2 Å². The predicted molar refractivity (Wildman–Crippen MR) is 134 cm³/mol. The summed E-state index contributed by atoms with van der Waals surface area (Å²) in [6.07, 6.45) is 1.68. The molecule has 2 heterocycles. The minimum absolute atomic E-state index is 0.154. The lowest BCUT2D eigenvalue weighted by Crippen LogP contribution is -2.34. The Morgan fingerprint density at radius 3 is 2.46 bits per heavy atom. The molecule has 5 rings (SSSR count). The number of ether oxygens (including phenoxy) is 2. The van der Waals surface area contributed by atoms with E-state index in [2.05, 4.69) is 5.10 Å². The van der Waals surface area contributed by atoms with E-state index in [0.29, 0.717) is 35.4 Å². The van der Waals surface area contributed by atoms with Gasteiger partial charge in [0.1, 0.15) is 11.5 Å². The van der Waals surface area contributed by atoms with E-state index in [4.69, 9.17) is 9.47 Å². The van der Waals surface area contributed by atoms with Crippen LogP contribution in [0.3, 0.4) is 0 Å². The van der Waals surface area contributed by atoms with Crippen molar-refractivity contribution in [2.24, 2.45) is 0 Å². The van der Waals surface area contributed by atoms with Gasteiger partial charge < -0.3 is 14.4 Å². The average molecular weight is 470 g/mol. The van der Waals surface area contributed by atoms with Crippen molar-refractivity contribution in [2.75, 3.05) is 20.8 Å². The molecule has 1 aliphatic heterocycles. The van der Waals surface area contributed by atoms with Crippen LogP contribution in [0.4, 0.5) is 0 Å². The third-order valence-electron chi connectivity index (χ3n) is 6.56. The summed E-state index contributed by atoms with van der Waals surface area (Å²) in [7, 11) is 3.23. The highest BCUT2D eigenvalue weighted by atomic mass is 16.5. The maximum atomic E-state index is 14.0. The van der Waals surface area contributed by atoms with Gasteiger partial charge in [0.15, 0.2) is 5.69 Å². The van der Waals surface area contributed by atoms with Crippen LogP contribution in [-0.4, -0.2) is 41.4 Å². The summed E-state index contributed by atoms with van der Waals surface area (Å²) in [5.41, 5.74) is 1.95. The first kappa shape index (κ1) is 22.7. The largest absolute Gasteiger partial charge is 0.497 e. The Kier molecular flexibility index (Phi) is 6.23. The second kappa shape index (κ2) is 9.62. The van der Waals surface area contributed by atoms with Gasteiger partial charge in [-0.25, -0.2) is 4.68 Å². The lowest BCUT2D eigenvalue weighted by Gasteiger charge is -2.27. The van der Waals surface area contributed by atoms with E-state index in [1.165, 1.54) is 4.68 Å². The van der Waals surface area contributed by atoms with Crippen molar-refractivity contribution in [3.63, 3.8) is 0 Å². The zero-order chi connectivity index (χ0) is 24.4. The molecule has 0 bridgehead atoms. The molecule has 0 saturated carbocycles. The highest BCUT2D eigenvalue weighted by molar-refractivity contribution is 6.05. The van der Waals surface area contributed by atoms with Crippen LogP contribution in [0.2, 0.25) is 0 Å². The number of hydrogen-bond donors (Lipinski definition) is 0. The highest BCUT2D eigenvalue weighted by Crippen LogP contribution is 2.39. The topological polar surface area (TPSA) is 73.7 Å². The maximum absolute atomic E-state index is 14.0. The molecule has 7 heteroatoms. The van der Waals surface area contributed by atoms with Crippen LogP contribution in [0.25, 0.3) is 10.8 Å². The Bertz CT molecular complexity index is 1430. The van der Waals surface area contributed by atoms with Crippen molar-refractivity contribution in [1.29, 1.82) is 0 Å². The van der Waals surface area contributed by atoms with E-state index in [1.54, 1.807) is 26.4 Å². The maximum Gasteiger partial charge on any atom is 0.275 e. The smallest absolute Gasteiger partial charge is 0.275 e. The summed E-state index contributed by atoms with van der Waals surface area (Å²) >= 11 is 0. The van der Waals surface area contributed by atoms with Crippen LogP contribution in [0.15, 0.2) is 77.6 Å². The number of carbonyl (C=O) groups excluding carboxylic acids is 1. The second-order valence-electron chi connectivity index (χ2n) is 8.61. The Hall–Kier alpha value is -4.13. The fraction of sp³-hybridized carbons (Fsp3) is 0.250. The lowest BCUT2D eigenvalue weighted by atomic mass is 10.0. The molecule has 35 heavy (non-hydrogen) atoms. The Morgan fingerprint density at radius 1 is 0.971 bits per heavy atom. The van der Waals surface area contributed by atoms with Crippen molar-refractivity contribution in [1.82, 2.24) is 14.7 Å². The molecule has 178 valence electrons. The molecule has 3 aromatic carbocycles. The molecule has 1 atom stereocenters. The third kappa shape index (κ3) is 4.25. The number of likely N-dealkylation sites (tertiary alicyclic amines) is 1. The van der Waals surface area contributed by atoms with Gasteiger partial charge in [-0.1, -0.05) is 48.5 Å². The minimum atomic E-state index is -0.212. The van der Waals surface area contributed by atoms with Crippen LogP contribution >= 0.6 is 0 Å². The van der Waals surface area contributed by atoms with Crippen molar-refractivity contribution in [3.8, 4) is 11.5 Å². The van der Waals surface area contributed by atoms with Gasteiger partial charge in [0, 0.05) is 23.6 Å². The van der Waals surface area contributed by atoms with Gasteiger partial charge in [0.25, 0.3) is 11.5 Å². The first-order valence-electron chi connectivity index (χ1n) is 11.7. The molecule has 0 aliphatic carbocycles. The van der Waals surface area contributed by atoms with E-state index in [9.17, 15) is 9.59 Å². The molecule has 0 unspecified atom stereocenters. The zero-order valence-corrected chi connectivity index (χ0v) is 19.8. The number of amides is 1. The van der Waals surface area contributed by atoms with E-state index in [0.717, 1.165) is 24.0 Å². The van der Waals surface area contributed by atoms with Crippen molar-refractivity contribution < 1.29 is 14.3 Å². The fourth-order valence-electron chi connectivity index (χ4n) is 4.82. The van der Waals surface area contributed by atoms with Crippen LogP contribution < -0.4 is 15.0 Å².